The first-order valence-electron chi connectivity index (χ1n) is 16.4. The van der Waals surface area contributed by atoms with E-state index in [1.165, 1.54) is 0 Å². The van der Waals surface area contributed by atoms with Crippen LogP contribution in [0, 0.1) is 0 Å². The van der Waals surface area contributed by atoms with Crippen LogP contribution in [-0.4, -0.2) is 174 Å². The van der Waals surface area contributed by atoms with Crippen LogP contribution in [0.2, 0.25) is 0 Å². The van der Waals surface area contributed by atoms with Crippen molar-refractivity contribution in [3.8, 4) is 0 Å². The summed E-state index contributed by atoms with van der Waals surface area (Å²) in [5.74, 6) is -3.75. The quantitative estimate of drug-likeness (QED) is 0.146. The van der Waals surface area contributed by atoms with Gasteiger partial charge in [0.15, 0.2) is 0 Å². The van der Waals surface area contributed by atoms with E-state index in [0.29, 0.717) is 84.0 Å². The van der Waals surface area contributed by atoms with E-state index in [2.05, 4.69) is 10.6 Å². The van der Waals surface area contributed by atoms with Gasteiger partial charge in [-0.15, -0.1) is 0 Å². The molecule has 1 fully saturated rings. The third-order valence-electron chi connectivity index (χ3n) is 8.46. The Kier molecular flexibility index (Phi) is 15.7. The Balaban J connectivity index is 1.63. The van der Waals surface area contributed by atoms with Crippen LogP contribution in [0.15, 0.2) is 18.2 Å². The van der Waals surface area contributed by atoms with Gasteiger partial charge in [0.05, 0.1) is 32.7 Å². The van der Waals surface area contributed by atoms with Crippen LogP contribution in [0.5, 0.6) is 0 Å². The van der Waals surface area contributed by atoms with Gasteiger partial charge >= 0.3 is 17.9 Å². The van der Waals surface area contributed by atoms with Crippen molar-refractivity contribution in [1.82, 2.24) is 35.1 Å². The predicted molar refractivity (Wildman–Crippen MR) is 174 cm³/mol. The molecule has 0 atom stereocenters. The molecular weight excluding hydrogens is 626 g/mol. The molecule has 3 amide bonds. The summed E-state index contributed by atoms with van der Waals surface area (Å²) in [5, 5.41) is 33.6. The second kappa shape index (κ2) is 19.6. The molecule has 0 unspecified atom stereocenters. The molecule has 0 aliphatic carbocycles. The fourth-order valence-electron chi connectivity index (χ4n) is 5.71. The van der Waals surface area contributed by atoms with Crippen molar-refractivity contribution < 1.29 is 44.1 Å². The highest BCUT2D eigenvalue weighted by Gasteiger charge is 2.25. The molecule has 1 aromatic carbocycles. The first-order chi connectivity index (χ1) is 22.9. The molecule has 2 aliphatic rings. The Labute approximate surface area is 280 Å². The number of carboxylic acid groups (broad SMARTS) is 3. The highest BCUT2D eigenvalue weighted by atomic mass is 16.4. The smallest absolute Gasteiger partial charge is 0.317 e. The van der Waals surface area contributed by atoms with Crippen LogP contribution in [0.1, 0.15) is 41.3 Å². The number of benzene rings is 1. The van der Waals surface area contributed by atoms with Crippen molar-refractivity contribution in [3.63, 3.8) is 0 Å². The Morgan fingerprint density at radius 1 is 0.667 bits per heavy atom. The summed E-state index contributed by atoms with van der Waals surface area (Å²) < 4.78 is 0. The zero-order valence-electron chi connectivity index (χ0n) is 27.7. The van der Waals surface area contributed by atoms with Crippen molar-refractivity contribution in [1.29, 1.82) is 0 Å². The fraction of sp³-hybridized carbons (Fsp3) is 0.625. The van der Waals surface area contributed by atoms with Crippen LogP contribution >= 0.6 is 0 Å². The van der Waals surface area contributed by atoms with E-state index in [1.807, 2.05) is 17.9 Å². The number of carbonyl (C=O) groups excluding carboxylic acids is 3. The number of unbranched alkanes of at least 4 members (excludes halogenated alkanes) is 1. The van der Waals surface area contributed by atoms with Crippen molar-refractivity contribution in [2.75, 3.05) is 98.2 Å². The van der Waals surface area contributed by atoms with Crippen molar-refractivity contribution >= 4 is 35.6 Å². The van der Waals surface area contributed by atoms with E-state index >= 15 is 0 Å². The molecule has 2 heterocycles. The molecule has 48 heavy (non-hydrogen) atoms. The van der Waals surface area contributed by atoms with Gasteiger partial charge in [-0.05, 0) is 36.1 Å². The largest absolute Gasteiger partial charge is 0.480 e. The summed E-state index contributed by atoms with van der Waals surface area (Å²) in [6.07, 6.45) is 2.38. The molecule has 5 N–H and O–H groups in total. The minimum atomic E-state index is -1.02. The lowest BCUT2D eigenvalue weighted by Gasteiger charge is -2.34. The Hall–Kier alpha value is -4.12. The number of hydrogen-bond acceptors (Lipinski definition) is 10. The lowest BCUT2D eigenvalue weighted by Crippen LogP contribution is -2.50. The number of carbonyl (C=O) groups is 6. The average molecular weight is 676 g/mol. The Morgan fingerprint density at radius 3 is 1.65 bits per heavy atom. The first kappa shape index (κ1) is 38.3. The molecule has 266 valence electrons. The van der Waals surface area contributed by atoms with E-state index in [-0.39, 0.29) is 50.4 Å². The zero-order valence-corrected chi connectivity index (χ0v) is 27.7. The van der Waals surface area contributed by atoms with E-state index in [0.717, 1.165) is 24.0 Å². The molecule has 16 nitrogen and oxygen atoms in total. The molecule has 3 rings (SSSR count). The summed E-state index contributed by atoms with van der Waals surface area (Å²) >= 11 is 0. The molecule has 0 saturated carbocycles. The highest BCUT2D eigenvalue weighted by molar-refractivity contribution is 5.96. The van der Waals surface area contributed by atoms with Gasteiger partial charge in [0.2, 0.25) is 11.8 Å². The Morgan fingerprint density at radius 2 is 1.17 bits per heavy atom. The fourth-order valence-corrected chi connectivity index (χ4v) is 5.71. The van der Waals surface area contributed by atoms with Crippen LogP contribution in [0.4, 0.5) is 0 Å². The third-order valence-corrected chi connectivity index (χ3v) is 8.46. The second-order valence-electron chi connectivity index (χ2n) is 12.2. The normalized spacial score (nSPS) is 17.4. The molecule has 0 aromatic heterocycles. The molecule has 16 heteroatoms. The van der Waals surface area contributed by atoms with Crippen molar-refractivity contribution in [2.24, 2.45) is 0 Å². The van der Waals surface area contributed by atoms with E-state index in [4.69, 9.17) is 0 Å². The molecule has 1 saturated heterocycles. The van der Waals surface area contributed by atoms with Gasteiger partial charge in [0.25, 0.3) is 5.91 Å². The van der Waals surface area contributed by atoms with Gasteiger partial charge in [-0.25, -0.2) is 0 Å². The lowest BCUT2D eigenvalue weighted by atomic mass is 9.97. The van der Waals surface area contributed by atoms with Crippen molar-refractivity contribution in [2.45, 2.75) is 32.7 Å². The van der Waals surface area contributed by atoms with Crippen LogP contribution < -0.4 is 10.6 Å². The summed E-state index contributed by atoms with van der Waals surface area (Å²) in [4.78, 5) is 81.4. The average Bonchev–Trinajstić information content (AvgIpc) is 3.03. The predicted octanol–water partition coefficient (Wildman–Crippen LogP) is -1.31. The minimum absolute atomic E-state index is 0.0586. The zero-order chi connectivity index (χ0) is 35.1. The SMILES string of the molecule is CCCCNC(=O)CNC(=O)c1ccc2c(c1)CCN(C(=O)CN1CCN(CC(=O)O)CCN(CC(=O)O)CCN(CC(=O)O)CC1)C2. The number of aliphatic carboxylic acids is 3. The second-order valence-corrected chi connectivity index (χ2v) is 12.2. The van der Waals surface area contributed by atoms with Gasteiger partial charge in [0.1, 0.15) is 0 Å². The number of hydrogen-bond donors (Lipinski definition) is 5. The van der Waals surface area contributed by atoms with E-state index in [1.54, 1.807) is 31.7 Å². The van der Waals surface area contributed by atoms with Gasteiger partial charge in [-0.3, -0.25) is 48.4 Å². The van der Waals surface area contributed by atoms with Gasteiger partial charge in [-0.1, -0.05) is 19.4 Å². The van der Waals surface area contributed by atoms with Gasteiger partial charge in [0, 0.05) is 77.6 Å². The van der Waals surface area contributed by atoms with E-state index in [9.17, 15) is 44.1 Å². The standard InChI is InChI=1S/C32H49N7O9/c1-2-3-7-33-27(40)18-34-32(48)25-4-5-26-19-39(8-6-24(26)17-25)28(41)20-35-9-11-36(21-29(42)43)13-15-38(23-31(46)47)16-14-37(12-10-35)22-30(44)45/h4-5,17H,2-3,6-16,18-23H2,1H3,(H,33,40)(H,34,48)(H,42,43)(H,44,45)(H,46,47). The van der Waals surface area contributed by atoms with Gasteiger partial charge in [-0.2, -0.15) is 0 Å². The Bertz CT molecular complexity index is 1260. The van der Waals surface area contributed by atoms with Gasteiger partial charge < -0.3 is 30.9 Å². The van der Waals surface area contributed by atoms with Crippen molar-refractivity contribution in [3.05, 3.63) is 34.9 Å². The topological polar surface area (TPSA) is 203 Å². The molecule has 0 spiro atoms. The monoisotopic (exact) mass is 675 g/mol. The first-order valence-corrected chi connectivity index (χ1v) is 16.4. The summed E-state index contributed by atoms with van der Waals surface area (Å²) in [7, 11) is 0. The summed E-state index contributed by atoms with van der Waals surface area (Å²) in [5.41, 5.74) is 2.32. The molecule has 2 aliphatic heterocycles. The maximum atomic E-state index is 13.5. The molecule has 0 bridgehead atoms. The lowest BCUT2D eigenvalue weighted by molar-refractivity contribution is -0.140. The molecule has 1 aromatic rings. The van der Waals surface area contributed by atoms with Crippen LogP contribution in [0.25, 0.3) is 0 Å². The minimum Gasteiger partial charge on any atom is -0.480 e. The third kappa shape index (κ3) is 13.5. The molecular formula is C32H49N7O9. The molecule has 0 radical (unpaired) electrons. The highest BCUT2D eigenvalue weighted by Crippen LogP contribution is 2.21. The van der Waals surface area contributed by atoms with Crippen LogP contribution in [0.3, 0.4) is 0 Å². The number of nitrogens with zero attached hydrogens (tertiary/aromatic N) is 5. The summed E-state index contributed by atoms with van der Waals surface area (Å²) in [6, 6.07) is 5.30. The number of fused-ring (bicyclic) bond motifs is 1. The number of nitrogens with one attached hydrogen (secondary N) is 2. The number of amides is 3. The number of carboxylic acids is 3. The maximum absolute atomic E-state index is 13.5. The summed E-state index contributed by atoms with van der Waals surface area (Å²) in [6.45, 7) is 5.21. The van der Waals surface area contributed by atoms with Crippen LogP contribution in [-0.2, 0) is 36.9 Å². The van der Waals surface area contributed by atoms with E-state index < -0.39 is 17.9 Å². The number of rotatable bonds is 14. The maximum Gasteiger partial charge on any atom is 0.317 e.